The molecule has 0 aliphatic carbocycles. The van der Waals surface area contributed by atoms with Crippen LogP contribution in [0, 0.1) is 6.92 Å². The molecular formula is C20H20N4O2. The summed E-state index contributed by atoms with van der Waals surface area (Å²) < 4.78 is 5.64. The fourth-order valence-corrected chi connectivity index (χ4v) is 2.25. The molecule has 0 fully saturated rings. The molecular weight excluding hydrogens is 328 g/mol. The Kier molecular flexibility index (Phi) is 5.77. The number of aromatic nitrogens is 2. The zero-order valence-electron chi connectivity index (χ0n) is 14.5. The lowest BCUT2D eigenvalue weighted by molar-refractivity contribution is 0.102. The van der Waals surface area contributed by atoms with E-state index in [-0.39, 0.29) is 11.6 Å². The van der Waals surface area contributed by atoms with E-state index in [1.165, 1.54) is 5.56 Å². The Labute approximate surface area is 152 Å². The van der Waals surface area contributed by atoms with Crippen LogP contribution in [0.5, 0.6) is 5.75 Å². The molecule has 6 nitrogen and oxygen atoms in total. The van der Waals surface area contributed by atoms with E-state index in [1.54, 1.807) is 12.1 Å². The molecule has 0 unspecified atom stereocenters. The molecule has 26 heavy (non-hydrogen) atoms. The number of nitrogens with one attached hydrogen (secondary N) is 2. The van der Waals surface area contributed by atoms with Crippen LogP contribution < -0.4 is 15.4 Å². The van der Waals surface area contributed by atoms with E-state index >= 15 is 0 Å². The van der Waals surface area contributed by atoms with Crippen LogP contribution in [0.2, 0.25) is 0 Å². The molecule has 0 aliphatic heterocycles. The lowest BCUT2D eigenvalue weighted by Gasteiger charge is -2.08. The standard InChI is InChI=1S/C20H20N4O2/c1-15-7-9-17(10-8-15)26-14-13-21-19-12-11-18(23-24-19)20(25)22-16-5-3-2-4-6-16/h2-12H,13-14H2,1H3,(H,21,24)(H,22,25). The normalized spacial score (nSPS) is 10.2. The number of hydrogen-bond acceptors (Lipinski definition) is 5. The van der Waals surface area contributed by atoms with Gasteiger partial charge >= 0.3 is 0 Å². The van der Waals surface area contributed by atoms with Crippen LogP contribution in [0.15, 0.2) is 66.7 Å². The van der Waals surface area contributed by atoms with Gasteiger partial charge in [0.15, 0.2) is 5.69 Å². The average Bonchev–Trinajstić information content (AvgIpc) is 2.68. The molecule has 0 spiro atoms. The topological polar surface area (TPSA) is 76.1 Å². The molecule has 0 radical (unpaired) electrons. The van der Waals surface area contributed by atoms with Crippen molar-refractivity contribution in [3.63, 3.8) is 0 Å². The van der Waals surface area contributed by atoms with Crippen LogP contribution in [0.25, 0.3) is 0 Å². The van der Waals surface area contributed by atoms with Crippen molar-refractivity contribution in [3.05, 3.63) is 78.0 Å². The number of para-hydroxylation sites is 1. The number of anilines is 2. The Morgan fingerprint density at radius 2 is 1.73 bits per heavy atom. The van der Waals surface area contributed by atoms with Gasteiger partial charge in [-0.15, -0.1) is 10.2 Å². The van der Waals surface area contributed by atoms with Crippen LogP contribution in [0.3, 0.4) is 0 Å². The van der Waals surface area contributed by atoms with Crippen molar-refractivity contribution in [3.8, 4) is 5.75 Å². The van der Waals surface area contributed by atoms with Gasteiger partial charge < -0.3 is 15.4 Å². The van der Waals surface area contributed by atoms with Gasteiger partial charge in [0, 0.05) is 5.69 Å². The van der Waals surface area contributed by atoms with Gasteiger partial charge in [0.05, 0.1) is 6.54 Å². The van der Waals surface area contributed by atoms with Gasteiger partial charge in [0.25, 0.3) is 5.91 Å². The molecule has 132 valence electrons. The molecule has 0 aliphatic rings. The monoisotopic (exact) mass is 348 g/mol. The smallest absolute Gasteiger partial charge is 0.276 e. The molecule has 2 aromatic carbocycles. The fourth-order valence-electron chi connectivity index (χ4n) is 2.25. The largest absolute Gasteiger partial charge is 0.492 e. The van der Waals surface area contributed by atoms with E-state index in [4.69, 9.17) is 4.74 Å². The zero-order chi connectivity index (χ0) is 18.2. The van der Waals surface area contributed by atoms with E-state index in [9.17, 15) is 4.79 Å². The predicted octanol–water partition coefficient (Wildman–Crippen LogP) is 3.53. The van der Waals surface area contributed by atoms with Crippen molar-refractivity contribution in [2.24, 2.45) is 0 Å². The molecule has 2 N–H and O–H groups in total. The Morgan fingerprint density at radius 3 is 2.42 bits per heavy atom. The summed E-state index contributed by atoms with van der Waals surface area (Å²) in [7, 11) is 0. The quantitative estimate of drug-likeness (QED) is 0.639. The van der Waals surface area contributed by atoms with Crippen LogP contribution in [0.1, 0.15) is 16.1 Å². The Morgan fingerprint density at radius 1 is 0.962 bits per heavy atom. The van der Waals surface area contributed by atoms with E-state index in [0.717, 1.165) is 11.4 Å². The minimum Gasteiger partial charge on any atom is -0.492 e. The van der Waals surface area contributed by atoms with Crippen molar-refractivity contribution in [1.29, 1.82) is 0 Å². The summed E-state index contributed by atoms with van der Waals surface area (Å²) in [6.07, 6.45) is 0. The molecule has 1 aromatic heterocycles. The van der Waals surface area contributed by atoms with Gasteiger partial charge in [0.1, 0.15) is 18.2 Å². The third-order valence-electron chi connectivity index (χ3n) is 3.63. The number of carbonyl (C=O) groups is 1. The summed E-state index contributed by atoms with van der Waals surface area (Å²) in [5.41, 5.74) is 2.17. The lowest BCUT2D eigenvalue weighted by Crippen LogP contribution is -2.16. The molecule has 3 rings (SSSR count). The van der Waals surface area contributed by atoms with E-state index in [1.807, 2.05) is 61.5 Å². The highest BCUT2D eigenvalue weighted by molar-refractivity contribution is 6.02. The third kappa shape index (κ3) is 5.04. The maximum Gasteiger partial charge on any atom is 0.276 e. The summed E-state index contributed by atoms with van der Waals surface area (Å²) in [5, 5.41) is 13.9. The van der Waals surface area contributed by atoms with E-state index < -0.39 is 0 Å². The van der Waals surface area contributed by atoms with Crippen LogP contribution in [0.4, 0.5) is 11.5 Å². The second-order valence-electron chi connectivity index (χ2n) is 5.71. The molecule has 6 heteroatoms. The second-order valence-corrected chi connectivity index (χ2v) is 5.71. The summed E-state index contributed by atoms with van der Waals surface area (Å²) in [5.74, 6) is 1.13. The van der Waals surface area contributed by atoms with Crippen molar-refractivity contribution in [2.45, 2.75) is 6.92 Å². The summed E-state index contributed by atoms with van der Waals surface area (Å²) in [6.45, 7) is 3.12. The van der Waals surface area contributed by atoms with Gasteiger partial charge in [-0.3, -0.25) is 4.79 Å². The van der Waals surface area contributed by atoms with Gasteiger partial charge in [-0.1, -0.05) is 35.9 Å². The van der Waals surface area contributed by atoms with Gasteiger partial charge in [-0.2, -0.15) is 0 Å². The first kappa shape index (κ1) is 17.4. The van der Waals surface area contributed by atoms with E-state index in [0.29, 0.717) is 19.0 Å². The van der Waals surface area contributed by atoms with Crippen molar-refractivity contribution in [2.75, 3.05) is 23.8 Å². The Hall–Kier alpha value is -3.41. The zero-order valence-corrected chi connectivity index (χ0v) is 14.5. The SMILES string of the molecule is Cc1ccc(OCCNc2ccc(C(=O)Nc3ccccc3)nn2)cc1. The minimum absolute atomic E-state index is 0.260. The number of carbonyl (C=O) groups excluding carboxylic acids is 1. The highest BCUT2D eigenvalue weighted by Crippen LogP contribution is 2.11. The van der Waals surface area contributed by atoms with Gasteiger partial charge in [0.2, 0.25) is 0 Å². The summed E-state index contributed by atoms with van der Waals surface area (Å²) in [6, 6.07) is 20.5. The first-order chi connectivity index (χ1) is 12.7. The number of ether oxygens (including phenoxy) is 1. The highest BCUT2D eigenvalue weighted by atomic mass is 16.5. The van der Waals surface area contributed by atoms with Crippen LogP contribution in [-0.2, 0) is 0 Å². The number of rotatable bonds is 7. The highest BCUT2D eigenvalue weighted by Gasteiger charge is 2.08. The Balaban J connectivity index is 1.45. The first-order valence-corrected chi connectivity index (χ1v) is 8.34. The minimum atomic E-state index is -0.294. The number of nitrogens with zero attached hydrogens (tertiary/aromatic N) is 2. The lowest BCUT2D eigenvalue weighted by atomic mass is 10.2. The number of benzene rings is 2. The second kappa shape index (κ2) is 8.62. The fraction of sp³-hybridized carbons (Fsp3) is 0.150. The van der Waals surface area contributed by atoms with Crippen molar-refractivity contribution in [1.82, 2.24) is 10.2 Å². The molecule has 0 atom stereocenters. The maximum atomic E-state index is 12.1. The molecule has 3 aromatic rings. The number of hydrogen-bond donors (Lipinski definition) is 2. The van der Waals surface area contributed by atoms with Crippen molar-refractivity contribution >= 4 is 17.4 Å². The molecule has 0 saturated carbocycles. The molecule has 1 heterocycles. The van der Waals surface area contributed by atoms with Gasteiger partial charge in [-0.25, -0.2) is 0 Å². The predicted molar refractivity (Wildman–Crippen MR) is 102 cm³/mol. The molecule has 0 saturated heterocycles. The maximum absolute atomic E-state index is 12.1. The third-order valence-corrected chi connectivity index (χ3v) is 3.63. The van der Waals surface area contributed by atoms with E-state index in [2.05, 4.69) is 20.8 Å². The van der Waals surface area contributed by atoms with Crippen LogP contribution >= 0.6 is 0 Å². The first-order valence-electron chi connectivity index (χ1n) is 8.34. The van der Waals surface area contributed by atoms with Crippen LogP contribution in [-0.4, -0.2) is 29.3 Å². The molecule has 1 amide bonds. The van der Waals surface area contributed by atoms with Crippen molar-refractivity contribution < 1.29 is 9.53 Å². The Bertz CT molecular complexity index is 834. The number of aryl methyl sites for hydroxylation is 1. The average molecular weight is 348 g/mol. The summed E-state index contributed by atoms with van der Waals surface area (Å²) >= 11 is 0. The number of amides is 1. The summed E-state index contributed by atoms with van der Waals surface area (Å²) in [4.78, 5) is 12.1. The van der Waals surface area contributed by atoms with Gasteiger partial charge in [-0.05, 0) is 43.3 Å². The molecule has 0 bridgehead atoms.